The highest BCUT2D eigenvalue weighted by Gasteiger charge is 2.22. The molecule has 1 atom stereocenters. The first-order valence-corrected chi connectivity index (χ1v) is 7.24. The van der Waals surface area contributed by atoms with Gasteiger partial charge in [0.1, 0.15) is 0 Å². The number of nitrogens with one attached hydrogen (secondary N) is 1. The molecule has 19 heavy (non-hydrogen) atoms. The lowest BCUT2D eigenvalue weighted by Gasteiger charge is -2.35. The molecule has 5 heteroatoms. The van der Waals surface area contributed by atoms with Gasteiger partial charge in [0.15, 0.2) is 5.11 Å². The minimum atomic E-state index is -0.242. The second-order valence-electron chi connectivity index (χ2n) is 4.78. The van der Waals surface area contributed by atoms with Crippen LogP contribution in [0.4, 0.5) is 0 Å². The van der Waals surface area contributed by atoms with Gasteiger partial charge in [0.2, 0.25) is 0 Å². The Hall–Kier alpha value is -1.13. The first kappa shape index (κ1) is 14.3. The number of hydrogen-bond donors (Lipinski definition) is 1. The van der Waals surface area contributed by atoms with Crippen LogP contribution in [0.25, 0.3) is 0 Å². The van der Waals surface area contributed by atoms with E-state index in [4.69, 9.17) is 23.8 Å². The van der Waals surface area contributed by atoms with Gasteiger partial charge >= 0.3 is 0 Å². The average Bonchev–Trinajstić information content (AvgIpc) is 2.39. The van der Waals surface area contributed by atoms with Gasteiger partial charge in [-0.3, -0.25) is 10.1 Å². The van der Waals surface area contributed by atoms with E-state index in [1.165, 1.54) is 6.42 Å². The average molecular weight is 297 g/mol. The summed E-state index contributed by atoms with van der Waals surface area (Å²) in [6.45, 7) is 3.04. The van der Waals surface area contributed by atoms with Crippen LogP contribution in [-0.2, 0) is 0 Å². The summed E-state index contributed by atoms with van der Waals surface area (Å²) in [7, 11) is 0. The molecule has 2 rings (SSSR count). The molecular weight excluding hydrogens is 280 g/mol. The number of likely N-dealkylation sites (tertiary alicyclic amines) is 1. The number of amides is 1. The maximum Gasteiger partial charge on any atom is 0.258 e. The number of nitrogens with zero attached hydrogens (tertiary/aromatic N) is 1. The third-order valence-corrected chi connectivity index (χ3v) is 4.07. The second-order valence-corrected chi connectivity index (χ2v) is 5.57. The van der Waals surface area contributed by atoms with Gasteiger partial charge in [0, 0.05) is 12.6 Å². The van der Waals surface area contributed by atoms with E-state index in [2.05, 4.69) is 17.1 Å². The van der Waals surface area contributed by atoms with Crippen LogP contribution < -0.4 is 5.32 Å². The summed E-state index contributed by atoms with van der Waals surface area (Å²) in [6.07, 6.45) is 3.45. The molecule has 1 aliphatic heterocycles. The van der Waals surface area contributed by atoms with Crippen molar-refractivity contribution in [2.24, 2.45) is 0 Å². The highest BCUT2D eigenvalue weighted by Crippen LogP contribution is 2.18. The molecule has 1 aromatic rings. The molecule has 0 spiro atoms. The summed E-state index contributed by atoms with van der Waals surface area (Å²) in [5.41, 5.74) is 0.455. The Balaban J connectivity index is 2.03. The molecule has 1 N–H and O–H groups in total. The zero-order chi connectivity index (χ0) is 13.8. The monoisotopic (exact) mass is 296 g/mol. The van der Waals surface area contributed by atoms with Crippen molar-refractivity contribution in [1.29, 1.82) is 0 Å². The summed E-state index contributed by atoms with van der Waals surface area (Å²) in [6, 6.07) is 7.35. The summed E-state index contributed by atoms with van der Waals surface area (Å²) < 4.78 is 0. The van der Waals surface area contributed by atoms with E-state index in [1.807, 2.05) is 0 Å². The number of carbonyl (C=O) groups excluding carboxylic acids is 1. The van der Waals surface area contributed by atoms with Crippen LogP contribution in [0.1, 0.15) is 36.5 Å². The molecule has 1 unspecified atom stereocenters. The van der Waals surface area contributed by atoms with E-state index in [9.17, 15) is 4.79 Å². The Morgan fingerprint density at radius 1 is 1.42 bits per heavy atom. The summed E-state index contributed by atoms with van der Waals surface area (Å²) in [5.74, 6) is -0.242. The molecule has 3 nitrogen and oxygen atoms in total. The molecule has 1 aliphatic rings. The lowest BCUT2D eigenvalue weighted by molar-refractivity contribution is 0.0970. The smallest absolute Gasteiger partial charge is 0.258 e. The molecule has 0 aromatic heterocycles. The van der Waals surface area contributed by atoms with E-state index in [1.54, 1.807) is 24.3 Å². The molecule has 0 aliphatic carbocycles. The third-order valence-electron chi connectivity index (χ3n) is 3.40. The summed E-state index contributed by atoms with van der Waals surface area (Å²) in [4.78, 5) is 14.2. The van der Waals surface area contributed by atoms with Crippen LogP contribution in [0.2, 0.25) is 5.02 Å². The van der Waals surface area contributed by atoms with Crippen molar-refractivity contribution < 1.29 is 4.79 Å². The quantitative estimate of drug-likeness (QED) is 0.808. The van der Waals surface area contributed by atoms with Crippen LogP contribution in [0, 0.1) is 0 Å². The van der Waals surface area contributed by atoms with Crippen molar-refractivity contribution in [3.05, 3.63) is 34.9 Å². The fraction of sp³-hybridized carbons (Fsp3) is 0.429. The number of hydrogen-bond acceptors (Lipinski definition) is 2. The number of rotatable bonds is 1. The van der Waals surface area contributed by atoms with Gasteiger partial charge in [-0.15, -0.1) is 0 Å². The molecular formula is C14H17ClN2OS. The Labute approximate surface area is 123 Å². The standard InChI is InChI=1S/C14H17ClN2OS/c1-10-6-4-5-9-17(10)14(19)16-13(18)11-7-2-3-8-12(11)15/h2-3,7-8,10H,4-6,9H2,1H3,(H,16,18,19). The lowest BCUT2D eigenvalue weighted by Crippen LogP contribution is -2.49. The number of piperidine rings is 1. The SMILES string of the molecule is CC1CCCCN1C(=S)NC(=O)c1ccccc1Cl. The van der Waals surface area contributed by atoms with Crippen molar-refractivity contribution >= 4 is 34.8 Å². The number of carbonyl (C=O) groups is 1. The van der Waals surface area contributed by atoms with Gasteiger partial charge in [-0.25, -0.2) is 0 Å². The minimum absolute atomic E-state index is 0.242. The van der Waals surface area contributed by atoms with Gasteiger partial charge in [-0.1, -0.05) is 23.7 Å². The predicted octanol–water partition coefficient (Wildman–Crippen LogP) is 3.23. The molecule has 1 saturated heterocycles. The minimum Gasteiger partial charge on any atom is -0.346 e. The Morgan fingerprint density at radius 2 is 2.16 bits per heavy atom. The zero-order valence-electron chi connectivity index (χ0n) is 10.9. The fourth-order valence-corrected chi connectivity index (χ4v) is 2.87. The van der Waals surface area contributed by atoms with Crippen LogP contribution in [-0.4, -0.2) is 28.5 Å². The van der Waals surface area contributed by atoms with Crippen molar-refractivity contribution in [2.45, 2.75) is 32.2 Å². The highest BCUT2D eigenvalue weighted by molar-refractivity contribution is 7.80. The van der Waals surface area contributed by atoms with Gasteiger partial charge in [-0.2, -0.15) is 0 Å². The predicted molar refractivity (Wildman–Crippen MR) is 81.5 cm³/mol. The summed E-state index contributed by atoms with van der Waals surface area (Å²) >= 11 is 11.3. The normalized spacial score (nSPS) is 19.1. The fourth-order valence-electron chi connectivity index (χ4n) is 2.28. The first-order valence-electron chi connectivity index (χ1n) is 6.46. The molecule has 0 bridgehead atoms. The van der Waals surface area contributed by atoms with Gasteiger partial charge < -0.3 is 4.90 Å². The van der Waals surface area contributed by atoms with E-state index in [0.29, 0.717) is 21.7 Å². The van der Waals surface area contributed by atoms with Gasteiger partial charge in [0.25, 0.3) is 5.91 Å². The van der Waals surface area contributed by atoms with Crippen LogP contribution in [0.5, 0.6) is 0 Å². The van der Waals surface area contributed by atoms with Gasteiger partial charge in [-0.05, 0) is 50.5 Å². The van der Waals surface area contributed by atoms with Crippen LogP contribution >= 0.6 is 23.8 Å². The Kier molecular flexibility index (Phi) is 4.77. The molecule has 102 valence electrons. The van der Waals surface area contributed by atoms with Crippen LogP contribution in [0.15, 0.2) is 24.3 Å². The zero-order valence-corrected chi connectivity index (χ0v) is 12.4. The van der Waals surface area contributed by atoms with Crippen molar-refractivity contribution in [3.8, 4) is 0 Å². The molecule has 0 radical (unpaired) electrons. The topological polar surface area (TPSA) is 32.3 Å². The maximum absolute atomic E-state index is 12.1. The Bertz CT molecular complexity index is 492. The molecule has 0 saturated carbocycles. The van der Waals surface area contributed by atoms with E-state index in [0.717, 1.165) is 19.4 Å². The second kappa shape index (κ2) is 6.35. The molecule has 1 amide bonds. The molecule has 1 heterocycles. The number of halogens is 1. The maximum atomic E-state index is 12.1. The Morgan fingerprint density at radius 3 is 2.84 bits per heavy atom. The van der Waals surface area contributed by atoms with E-state index < -0.39 is 0 Å². The van der Waals surface area contributed by atoms with Crippen molar-refractivity contribution in [3.63, 3.8) is 0 Å². The molecule has 1 aromatic carbocycles. The van der Waals surface area contributed by atoms with Crippen molar-refractivity contribution in [1.82, 2.24) is 10.2 Å². The van der Waals surface area contributed by atoms with Crippen LogP contribution in [0.3, 0.4) is 0 Å². The number of benzene rings is 1. The van der Waals surface area contributed by atoms with E-state index >= 15 is 0 Å². The number of thiocarbonyl (C=S) groups is 1. The third kappa shape index (κ3) is 3.45. The summed E-state index contributed by atoms with van der Waals surface area (Å²) in [5, 5.41) is 3.71. The largest absolute Gasteiger partial charge is 0.346 e. The highest BCUT2D eigenvalue weighted by atomic mass is 35.5. The van der Waals surface area contributed by atoms with Crippen molar-refractivity contribution in [2.75, 3.05) is 6.54 Å². The lowest BCUT2D eigenvalue weighted by atomic mass is 10.0. The van der Waals surface area contributed by atoms with E-state index in [-0.39, 0.29) is 5.91 Å². The molecule has 1 fully saturated rings. The van der Waals surface area contributed by atoms with Gasteiger partial charge in [0.05, 0.1) is 10.6 Å². The first-order chi connectivity index (χ1) is 9.09.